The van der Waals surface area contributed by atoms with Gasteiger partial charge in [-0.15, -0.1) is 0 Å². The second kappa shape index (κ2) is 12.0. The van der Waals surface area contributed by atoms with Crippen LogP contribution in [0.3, 0.4) is 0 Å². The van der Waals surface area contributed by atoms with E-state index in [1.807, 2.05) is 54.6 Å². The van der Waals surface area contributed by atoms with Crippen LogP contribution in [0, 0.1) is 0 Å². The average molecular weight is 555 g/mol. The molecule has 0 bridgehead atoms. The Morgan fingerprint density at radius 2 is 1.93 bits per heavy atom. The Morgan fingerprint density at radius 1 is 1.02 bits per heavy atom. The lowest BCUT2D eigenvalue weighted by Gasteiger charge is -2.31. The van der Waals surface area contributed by atoms with E-state index >= 15 is 0 Å². The largest absolute Gasteiger partial charge is 0.486 e. The molecule has 2 aromatic carbocycles. The summed E-state index contributed by atoms with van der Waals surface area (Å²) in [6.07, 6.45) is 11.4. The Morgan fingerprint density at radius 3 is 2.75 bits per heavy atom. The Kier molecular flexibility index (Phi) is 7.88. The minimum Gasteiger partial charge on any atom is -0.486 e. The molecule has 2 aromatic heterocycles. The van der Waals surface area contributed by atoms with Crippen molar-refractivity contribution in [2.24, 2.45) is 0 Å². The Balaban J connectivity index is 1.20. The summed E-state index contributed by atoms with van der Waals surface area (Å²) < 4.78 is 5.91. The second-order valence-corrected chi connectivity index (χ2v) is 10.5. The minimum atomic E-state index is -0.124. The van der Waals surface area contributed by atoms with Crippen LogP contribution in [-0.2, 0) is 17.8 Å². The predicted octanol–water partition coefficient (Wildman–Crippen LogP) is 5.93. The van der Waals surface area contributed by atoms with Gasteiger partial charge in [0.05, 0.1) is 16.2 Å². The molecule has 0 saturated carbocycles. The Labute approximate surface area is 238 Å². The zero-order chi connectivity index (χ0) is 27.3. The molecule has 1 N–H and O–H groups in total. The monoisotopic (exact) mass is 554 g/mol. The van der Waals surface area contributed by atoms with Crippen LogP contribution in [0.4, 0.5) is 17.2 Å². The van der Waals surface area contributed by atoms with Crippen LogP contribution in [0.15, 0.2) is 73.2 Å². The van der Waals surface area contributed by atoms with Crippen LogP contribution in [0.5, 0.6) is 5.75 Å². The number of benzene rings is 2. The number of hydrogen-bond donors (Lipinski definition) is 1. The number of hydrogen-bond acceptors (Lipinski definition) is 7. The lowest BCUT2D eigenvalue weighted by Crippen LogP contribution is -2.29. The number of rotatable bonds is 8. The van der Waals surface area contributed by atoms with Crippen molar-refractivity contribution in [1.29, 1.82) is 0 Å². The first-order chi connectivity index (χ1) is 19.7. The maximum atomic E-state index is 12.8. The summed E-state index contributed by atoms with van der Waals surface area (Å²) in [6, 6.07) is 15.3. The number of carbonyl (C=O) groups excluding carboxylic acids is 1. The van der Waals surface area contributed by atoms with Crippen molar-refractivity contribution in [2.45, 2.75) is 32.3 Å². The number of ether oxygens (including phenoxy) is 1. The van der Waals surface area contributed by atoms with Gasteiger partial charge in [-0.25, -0.2) is 9.97 Å². The van der Waals surface area contributed by atoms with Crippen molar-refractivity contribution in [2.75, 3.05) is 36.4 Å². The first-order valence-corrected chi connectivity index (χ1v) is 14.1. The number of likely N-dealkylation sites (tertiary alicyclic amines) is 1. The van der Waals surface area contributed by atoms with E-state index in [9.17, 15) is 4.79 Å². The van der Waals surface area contributed by atoms with Crippen LogP contribution in [0.25, 0.3) is 10.9 Å². The van der Waals surface area contributed by atoms with E-state index in [0.717, 1.165) is 65.4 Å². The van der Waals surface area contributed by atoms with Crippen molar-refractivity contribution < 1.29 is 9.53 Å². The molecule has 6 rings (SSSR count). The number of nitrogens with zero attached hydrogens (tertiary/aromatic N) is 5. The summed E-state index contributed by atoms with van der Waals surface area (Å²) in [5.74, 6) is 1.27. The number of anilines is 3. The molecule has 9 heteroatoms. The van der Waals surface area contributed by atoms with E-state index in [-0.39, 0.29) is 5.91 Å². The number of aromatic nitrogens is 3. The number of pyridine rings is 1. The molecule has 0 atom stereocenters. The average Bonchev–Trinajstić information content (AvgIpc) is 2.99. The van der Waals surface area contributed by atoms with Gasteiger partial charge >= 0.3 is 0 Å². The van der Waals surface area contributed by atoms with Crippen LogP contribution < -0.4 is 15.0 Å². The molecule has 8 nitrogen and oxygen atoms in total. The molecule has 0 aliphatic carbocycles. The van der Waals surface area contributed by atoms with E-state index in [4.69, 9.17) is 16.3 Å². The van der Waals surface area contributed by atoms with Crippen LogP contribution >= 0.6 is 11.6 Å². The highest BCUT2D eigenvalue weighted by Gasteiger charge is 2.25. The normalized spacial score (nSPS) is 15.5. The smallest absolute Gasteiger partial charge is 0.248 e. The molecule has 204 valence electrons. The number of amides is 1. The van der Waals surface area contributed by atoms with Crippen molar-refractivity contribution in [1.82, 2.24) is 19.9 Å². The fraction of sp³-hybridized carbons (Fsp3) is 0.290. The summed E-state index contributed by atoms with van der Waals surface area (Å²) in [7, 11) is 0. The maximum Gasteiger partial charge on any atom is 0.248 e. The minimum absolute atomic E-state index is 0.124. The highest BCUT2D eigenvalue weighted by atomic mass is 35.5. The lowest BCUT2D eigenvalue weighted by molar-refractivity contribution is -0.111. The number of carbonyl (C=O) groups is 1. The lowest BCUT2D eigenvalue weighted by atomic mass is 9.98. The molecule has 0 unspecified atom stereocenters. The number of halogens is 1. The zero-order valence-electron chi connectivity index (χ0n) is 22.2. The molecule has 40 heavy (non-hydrogen) atoms. The topological polar surface area (TPSA) is 83.5 Å². The molecular formula is C31H31ClN6O2. The molecule has 1 saturated heterocycles. The predicted molar refractivity (Wildman–Crippen MR) is 158 cm³/mol. The molecule has 1 amide bonds. The van der Waals surface area contributed by atoms with Gasteiger partial charge in [-0.2, -0.15) is 0 Å². The fourth-order valence-corrected chi connectivity index (χ4v) is 5.63. The molecule has 0 spiro atoms. The van der Waals surface area contributed by atoms with E-state index in [1.54, 1.807) is 18.6 Å². The Hall–Kier alpha value is -4.01. The van der Waals surface area contributed by atoms with Gasteiger partial charge in [-0.05, 0) is 80.4 Å². The zero-order valence-corrected chi connectivity index (χ0v) is 23.0. The number of nitrogens with one attached hydrogen (secondary N) is 1. The standard InChI is InChI=1S/C31H31ClN6O2/c32-25-19-23(9-12-28(25)40-20-22-7-2-3-14-33-22)38-18-13-24-26(10-11-27-30(24)31(38)35-21-34-27)36-29(39)8-6-17-37-15-4-1-5-16-37/h2-3,6-12,14,19,21H,1,4-5,13,15-18,20H2,(H,36,39)/b8-6+. The number of piperidine rings is 1. The van der Waals surface area contributed by atoms with Crippen molar-refractivity contribution in [3.8, 4) is 5.75 Å². The molecule has 2 aliphatic heterocycles. The highest BCUT2D eigenvalue weighted by Crippen LogP contribution is 2.40. The van der Waals surface area contributed by atoms with Crippen LogP contribution in [0.2, 0.25) is 5.02 Å². The quantitative estimate of drug-likeness (QED) is 0.270. The van der Waals surface area contributed by atoms with Gasteiger partial charge in [0.25, 0.3) is 0 Å². The van der Waals surface area contributed by atoms with Gasteiger partial charge in [0.1, 0.15) is 24.5 Å². The summed E-state index contributed by atoms with van der Waals surface area (Å²) in [5, 5.41) is 4.55. The van der Waals surface area contributed by atoms with Gasteiger partial charge in [-0.1, -0.05) is 30.2 Å². The molecule has 4 aromatic rings. The summed E-state index contributed by atoms with van der Waals surface area (Å²) >= 11 is 6.63. The van der Waals surface area contributed by atoms with Gasteiger partial charge < -0.3 is 15.0 Å². The Bertz CT molecular complexity index is 1540. The first kappa shape index (κ1) is 26.2. The molecule has 4 heterocycles. The van der Waals surface area contributed by atoms with E-state index in [0.29, 0.717) is 23.9 Å². The second-order valence-electron chi connectivity index (χ2n) is 10.1. The highest BCUT2D eigenvalue weighted by molar-refractivity contribution is 6.32. The van der Waals surface area contributed by atoms with Crippen LogP contribution in [0.1, 0.15) is 30.5 Å². The van der Waals surface area contributed by atoms with Gasteiger partial charge in [0.15, 0.2) is 0 Å². The van der Waals surface area contributed by atoms with E-state index in [2.05, 4.69) is 30.1 Å². The van der Waals surface area contributed by atoms with Crippen molar-refractivity contribution in [3.05, 3.63) is 89.5 Å². The molecule has 1 fully saturated rings. The molecular weight excluding hydrogens is 524 g/mol. The third-order valence-corrected chi connectivity index (χ3v) is 7.70. The summed E-state index contributed by atoms with van der Waals surface area (Å²) in [5.41, 5.74) is 4.43. The van der Waals surface area contributed by atoms with Crippen molar-refractivity contribution >= 4 is 45.6 Å². The molecule has 2 aliphatic rings. The summed E-state index contributed by atoms with van der Waals surface area (Å²) in [4.78, 5) is 30.7. The van der Waals surface area contributed by atoms with Gasteiger partial charge in [0, 0.05) is 42.1 Å². The van der Waals surface area contributed by atoms with Crippen LogP contribution in [-0.4, -0.2) is 51.9 Å². The van der Waals surface area contributed by atoms with Gasteiger partial charge in [0.2, 0.25) is 5.91 Å². The fourth-order valence-electron chi connectivity index (χ4n) is 5.40. The summed E-state index contributed by atoms with van der Waals surface area (Å²) in [6.45, 7) is 4.03. The third-order valence-electron chi connectivity index (χ3n) is 7.40. The maximum absolute atomic E-state index is 12.8. The van der Waals surface area contributed by atoms with Crippen molar-refractivity contribution in [3.63, 3.8) is 0 Å². The first-order valence-electron chi connectivity index (χ1n) is 13.7. The molecule has 0 radical (unpaired) electrons. The van der Waals surface area contributed by atoms with Gasteiger partial charge in [-0.3, -0.25) is 14.7 Å². The van der Waals surface area contributed by atoms with E-state index in [1.165, 1.54) is 19.3 Å². The SMILES string of the molecule is O=C(/C=C/CN1CCCCC1)Nc1ccc2ncnc3c2c1CCN3c1ccc(OCc2ccccn2)c(Cl)c1. The third kappa shape index (κ3) is 5.78. The van der Waals surface area contributed by atoms with E-state index < -0.39 is 0 Å².